The van der Waals surface area contributed by atoms with Crippen LogP contribution in [0.1, 0.15) is 12.0 Å². The van der Waals surface area contributed by atoms with E-state index in [4.69, 9.17) is 4.74 Å². The van der Waals surface area contributed by atoms with Gasteiger partial charge in [-0.2, -0.15) is 0 Å². The highest BCUT2D eigenvalue weighted by Gasteiger charge is 2.19. The van der Waals surface area contributed by atoms with E-state index in [9.17, 15) is 14.4 Å². The van der Waals surface area contributed by atoms with E-state index in [-0.39, 0.29) is 31.0 Å². The minimum atomic E-state index is -0.394. The van der Waals surface area contributed by atoms with Crippen LogP contribution in [-0.4, -0.2) is 40.0 Å². The summed E-state index contributed by atoms with van der Waals surface area (Å²) < 4.78 is 6.05. The Balaban J connectivity index is 1.60. The van der Waals surface area contributed by atoms with Crippen molar-refractivity contribution in [2.75, 3.05) is 13.7 Å². The number of methoxy groups -OCH3 is 1. The Kier molecular flexibility index (Phi) is 6.77. The summed E-state index contributed by atoms with van der Waals surface area (Å²) in [6, 6.07) is 13.4. The molecule has 0 fully saturated rings. The summed E-state index contributed by atoms with van der Waals surface area (Å²) in [6.45, 7) is 0.374. The van der Waals surface area contributed by atoms with Crippen LogP contribution in [-0.2, 0) is 27.4 Å². The van der Waals surface area contributed by atoms with Crippen molar-refractivity contribution in [1.29, 1.82) is 0 Å². The third kappa shape index (κ3) is 4.79. The molecular weight excluding hydrogens is 446 g/mol. The summed E-state index contributed by atoms with van der Waals surface area (Å²) in [5.74, 6) is -0.663. The van der Waals surface area contributed by atoms with Gasteiger partial charge in [0.1, 0.15) is 11.4 Å². The molecular formula is C23H21N3O4S2. The first-order chi connectivity index (χ1) is 15.6. The number of carbonyl (C=O) groups excluding carboxylic acids is 2. The Morgan fingerprint density at radius 3 is 2.66 bits per heavy atom. The zero-order valence-electron chi connectivity index (χ0n) is 17.4. The predicted octanol–water partition coefficient (Wildman–Crippen LogP) is 3.78. The zero-order valence-corrected chi connectivity index (χ0v) is 19.0. The molecule has 0 unspecified atom stereocenters. The number of esters is 1. The van der Waals surface area contributed by atoms with E-state index in [1.54, 1.807) is 16.2 Å². The number of nitrogens with zero attached hydrogens (tertiary/aromatic N) is 3. The molecule has 9 heteroatoms. The number of aromatic nitrogens is 2. The Hall–Kier alpha value is -3.30. The lowest BCUT2D eigenvalue weighted by molar-refractivity contribution is -0.142. The number of hydrogen-bond donors (Lipinski definition) is 0. The van der Waals surface area contributed by atoms with E-state index in [1.165, 1.54) is 29.3 Å². The second kappa shape index (κ2) is 9.88. The summed E-state index contributed by atoms with van der Waals surface area (Å²) in [4.78, 5) is 45.6. The van der Waals surface area contributed by atoms with Crippen molar-refractivity contribution >= 4 is 44.8 Å². The largest absolute Gasteiger partial charge is 0.469 e. The lowest BCUT2D eigenvalue weighted by Crippen LogP contribution is -2.37. The Morgan fingerprint density at radius 2 is 1.94 bits per heavy atom. The van der Waals surface area contributed by atoms with E-state index in [1.807, 2.05) is 53.2 Å². The average molecular weight is 468 g/mol. The van der Waals surface area contributed by atoms with Crippen molar-refractivity contribution in [3.05, 3.63) is 75.5 Å². The molecule has 3 aromatic heterocycles. The van der Waals surface area contributed by atoms with Gasteiger partial charge in [-0.15, -0.1) is 22.7 Å². The van der Waals surface area contributed by atoms with E-state index in [2.05, 4.69) is 4.98 Å². The normalized spacial score (nSPS) is 10.9. The number of benzene rings is 1. The molecule has 0 aliphatic carbocycles. The van der Waals surface area contributed by atoms with Gasteiger partial charge in [-0.05, 0) is 17.0 Å². The highest BCUT2D eigenvalue weighted by molar-refractivity contribution is 7.18. The van der Waals surface area contributed by atoms with Crippen LogP contribution in [0.25, 0.3) is 20.7 Å². The fourth-order valence-corrected chi connectivity index (χ4v) is 5.08. The molecule has 4 aromatic rings. The van der Waals surface area contributed by atoms with Gasteiger partial charge >= 0.3 is 5.97 Å². The van der Waals surface area contributed by atoms with Gasteiger partial charge in [0.15, 0.2) is 0 Å². The molecule has 164 valence electrons. The molecule has 0 bridgehead atoms. The number of fused-ring (bicyclic) bond motifs is 1. The molecule has 7 nitrogen and oxygen atoms in total. The molecule has 1 aromatic carbocycles. The lowest BCUT2D eigenvalue weighted by Gasteiger charge is -2.23. The van der Waals surface area contributed by atoms with Gasteiger partial charge < -0.3 is 9.64 Å². The Bertz CT molecular complexity index is 1280. The molecule has 4 rings (SSSR count). The molecule has 0 saturated heterocycles. The summed E-state index contributed by atoms with van der Waals surface area (Å²) in [5, 5.41) is 4.41. The first-order valence-electron chi connectivity index (χ1n) is 9.96. The minimum Gasteiger partial charge on any atom is -0.469 e. The molecule has 0 spiro atoms. The Morgan fingerprint density at radius 1 is 1.12 bits per heavy atom. The van der Waals surface area contributed by atoms with E-state index in [0.29, 0.717) is 16.8 Å². The summed E-state index contributed by atoms with van der Waals surface area (Å²) in [6.07, 6.45) is 1.49. The second-order valence-electron chi connectivity index (χ2n) is 7.11. The van der Waals surface area contributed by atoms with E-state index < -0.39 is 5.97 Å². The molecule has 0 saturated carbocycles. The average Bonchev–Trinajstić information content (AvgIpc) is 3.49. The number of amides is 1. The van der Waals surface area contributed by atoms with Gasteiger partial charge in [-0.3, -0.25) is 19.0 Å². The van der Waals surface area contributed by atoms with E-state index >= 15 is 0 Å². The highest BCUT2D eigenvalue weighted by Crippen LogP contribution is 2.33. The van der Waals surface area contributed by atoms with Crippen molar-refractivity contribution in [2.24, 2.45) is 0 Å². The maximum absolute atomic E-state index is 13.2. The third-order valence-corrected chi connectivity index (χ3v) is 6.82. The minimum absolute atomic E-state index is 0.0777. The SMILES string of the molecule is COC(=O)CCN(Cc1ccccc1)C(=O)Cn1cnc2scc(-c3cccs3)c2c1=O. The quantitative estimate of drug-likeness (QED) is 0.369. The third-order valence-electron chi connectivity index (χ3n) is 5.04. The summed E-state index contributed by atoms with van der Waals surface area (Å²) in [5.41, 5.74) is 1.52. The first kappa shape index (κ1) is 21.9. The van der Waals surface area contributed by atoms with Crippen LogP contribution in [0.5, 0.6) is 0 Å². The first-order valence-corrected chi connectivity index (χ1v) is 11.7. The van der Waals surface area contributed by atoms with E-state index in [0.717, 1.165) is 16.0 Å². The van der Waals surface area contributed by atoms with Crippen LogP contribution < -0.4 is 5.56 Å². The topological polar surface area (TPSA) is 81.5 Å². The molecule has 0 atom stereocenters. The number of hydrogen-bond acceptors (Lipinski definition) is 7. The van der Waals surface area contributed by atoms with Crippen LogP contribution in [0.15, 0.2) is 64.3 Å². The monoisotopic (exact) mass is 467 g/mol. The van der Waals surface area contributed by atoms with Gasteiger partial charge in [0, 0.05) is 28.9 Å². The van der Waals surface area contributed by atoms with Gasteiger partial charge in [0.05, 0.1) is 25.2 Å². The van der Waals surface area contributed by atoms with Crippen molar-refractivity contribution in [2.45, 2.75) is 19.5 Å². The molecule has 1 amide bonds. The maximum atomic E-state index is 13.2. The van der Waals surface area contributed by atoms with Crippen molar-refractivity contribution in [3.8, 4) is 10.4 Å². The Labute approximate surface area is 192 Å². The van der Waals surface area contributed by atoms with Crippen LogP contribution >= 0.6 is 22.7 Å². The highest BCUT2D eigenvalue weighted by atomic mass is 32.1. The standard InChI is InChI=1S/C23H21N3O4S2/c1-30-20(28)9-10-25(12-16-6-3-2-4-7-16)19(27)13-26-15-24-22-21(23(26)29)17(14-32-22)18-8-5-11-31-18/h2-8,11,14-15H,9-10,12-13H2,1H3. The van der Waals surface area contributed by atoms with Crippen molar-refractivity contribution in [3.63, 3.8) is 0 Å². The van der Waals surface area contributed by atoms with Gasteiger partial charge in [-0.25, -0.2) is 4.98 Å². The smallest absolute Gasteiger partial charge is 0.307 e. The lowest BCUT2D eigenvalue weighted by atomic mass is 10.2. The van der Waals surface area contributed by atoms with Crippen molar-refractivity contribution < 1.29 is 14.3 Å². The molecule has 0 N–H and O–H groups in total. The molecule has 32 heavy (non-hydrogen) atoms. The number of ether oxygens (including phenoxy) is 1. The predicted molar refractivity (Wildman–Crippen MR) is 126 cm³/mol. The number of rotatable bonds is 8. The van der Waals surface area contributed by atoms with Crippen LogP contribution in [0.2, 0.25) is 0 Å². The molecule has 0 radical (unpaired) electrons. The van der Waals surface area contributed by atoms with Gasteiger partial charge in [-0.1, -0.05) is 36.4 Å². The van der Waals surface area contributed by atoms with Gasteiger partial charge in [0.25, 0.3) is 5.56 Å². The van der Waals surface area contributed by atoms with Crippen LogP contribution in [0, 0.1) is 0 Å². The van der Waals surface area contributed by atoms with Crippen molar-refractivity contribution in [1.82, 2.24) is 14.5 Å². The van der Waals surface area contributed by atoms with Gasteiger partial charge in [0.2, 0.25) is 5.91 Å². The summed E-state index contributed by atoms with van der Waals surface area (Å²) in [7, 11) is 1.32. The molecule has 0 aliphatic heterocycles. The maximum Gasteiger partial charge on any atom is 0.307 e. The fourth-order valence-electron chi connectivity index (χ4n) is 3.36. The molecule has 3 heterocycles. The zero-order chi connectivity index (χ0) is 22.5. The number of thiophene rings is 2. The summed E-state index contributed by atoms with van der Waals surface area (Å²) >= 11 is 2.96. The second-order valence-corrected chi connectivity index (χ2v) is 8.92. The molecule has 0 aliphatic rings. The van der Waals surface area contributed by atoms with Crippen LogP contribution in [0.4, 0.5) is 0 Å². The number of carbonyl (C=O) groups is 2. The fraction of sp³-hybridized carbons (Fsp3) is 0.217. The van der Waals surface area contributed by atoms with Crippen LogP contribution in [0.3, 0.4) is 0 Å².